The van der Waals surface area contributed by atoms with Gasteiger partial charge in [-0.3, -0.25) is 0 Å². The first kappa shape index (κ1) is 7.83. The van der Waals surface area contributed by atoms with Gasteiger partial charge in [0.2, 0.25) is 0 Å². The predicted molar refractivity (Wildman–Crippen MR) is 42.3 cm³/mol. The summed E-state index contributed by atoms with van der Waals surface area (Å²) in [6.45, 7) is 5.65. The Morgan fingerprint density at radius 1 is 1.50 bits per heavy atom. The van der Waals surface area contributed by atoms with Gasteiger partial charge in [0, 0.05) is 11.5 Å². The molecule has 0 N–H and O–H groups in total. The fraction of sp³-hybridized carbons (Fsp3) is 0.429. The van der Waals surface area contributed by atoms with Crippen LogP contribution >= 0.6 is 11.8 Å². The van der Waals surface area contributed by atoms with Crippen LogP contribution in [0.4, 0.5) is 0 Å². The van der Waals surface area contributed by atoms with E-state index in [0.717, 1.165) is 11.5 Å². The van der Waals surface area contributed by atoms with Crippen molar-refractivity contribution < 1.29 is 0 Å². The van der Waals surface area contributed by atoms with Gasteiger partial charge in [-0.15, -0.1) is 6.58 Å². The Morgan fingerprint density at radius 3 is 2.75 bits per heavy atom. The average molecular weight is 128 g/mol. The number of allylic oxidation sites excluding steroid dienone is 1. The monoisotopic (exact) mass is 128 g/mol. The lowest BCUT2D eigenvalue weighted by atomic mass is 10.6. The SMILES string of the molecule is C=CCSC/C=C/C. The van der Waals surface area contributed by atoms with E-state index in [0.29, 0.717) is 0 Å². The van der Waals surface area contributed by atoms with Crippen LogP contribution in [0.5, 0.6) is 0 Å². The molecular weight excluding hydrogens is 116 g/mol. The highest BCUT2D eigenvalue weighted by molar-refractivity contribution is 7.99. The maximum absolute atomic E-state index is 3.61. The van der Waals surface area contributed by atoms with Crippen molar-refractivity contribution in [2.24, 2.45) is 0 Å². The van der Waals surface area contributed by atoms with E-state index in [1.165, 1.54) is 0 Å². The maximum atomic E-state index is 3.61. The second-order valence-corrected chi connectivity index (χ2v) is 2.47. The summed E-state index contributed by atoms with van der Waals surface area (Å²) in [7, 11) is 0. The van der Waals surface area contributed by atoms with Crippen LogP contribution in [0.3, 0.4) is 0 Å². The van der Waals surface area contributed by atoms with Gasteiger partial charge in [0.1, 0.15) is 0 Å². The summed E-state index contributed by atoms with van der Waals surface area (Å²) in [5.74, 6) is 2.17. The second-order valence-electron chi connectivity index (χ2n) is 1.40. The molecule has 0 radical (unpaired) electrons. The van der Waals surface area contributed by atoms with Crippen LogP contribution in [0.1, 0.15) is 6.92 Å². The summed E-state index contributed by atoms with van der Waals surface area (Å²) in [4.78, 5) is 0. The lowest BCUT2D eigenvalue weighted by Gasteiger charge is -1.86. The summed E-state index contributed by atoms with van der Waals surface area (Å²) >= 11 is 1.87. The molecule has 0 amide bonds. The molecule has 0 aliphatic heterocycles. The first-order valence-corrected chi connectivity index (χ1v) is 3.87. The predicted octanol–water partition coefficient (Wildman–Crippen LogP) is 2.48. The van der Waals surface area contributed by atoms with Crippen LogP contribution in [0.15, 0.2) is 24.8 Å². The normalized spacial score (nSPS) is 10.1. The minimum atomic E-state index is 1.06. The van der Waals surface area contributed by atoms with Crippen molar-refractivity contribution >= 4 is 11.8 Å². The lowest BCUT2D eigenvalue weighted by Crippen LogP contribution is -1.70. The molecule has 0 aromatic rings. The van der Waals surface area contributed by atoms with Crippen molar-refractivity contribution in [1.29, 1.82) is 0 Å². The van der Waals surface area contributed by atoms with Crippen molar-refractivity contribution in [3.63, 3.8) is 0 Å². The van der Waals surface area contributed by atoms with E-state index in [9.17, 15) is 0 Å². The third kappa shape index (κ3) is 5.83. The molecule has 0 spiro atoms. The standard InChI is InChI=1S/C7H12S/c1-3-5-7-8-6-4-2/h3-5H,2,6-7H2,1H3/b5-3+. The van der Waals surface area contributed by atoms with Crippen LogP contribution in [-0.2, 0) is 0 Å². The fourth-order valence-electron chi connectivity index (χ4n) is 0.316. The molecule has 0 aromatic heterocycles. The minimum absolute atomic E-state index is 1.06. The molecule has 1 heteroatoms. The van der Waals surface area contributed by atoms with Gasteiger partial charge >= 0.3 is 0 Å². The summed E-state index contributed by atoms with van der Waals surface area (Å²) in [5, 5.41) is 0. The van der Waals surface area contributed by atoms with Crippen LogP contribution in [0, 0.1) is 0 Å². The van der Waals surface area contributed by atoms with Gasteiger partial charge in [-0.05, 0) is 6.92 Å². The summed E-state index contributed by atoms with van der Waals surface area (Å²) in [6, 6.07) is 0. The molecule has 0 atom stereocenters. The zero-order valence-corrected chi connectivity index (χ0v) is 6.08. The topological polar surface area (TPSA) is 0 Å². The zero-order valence-electron chi connectivity index (χ0n) is 5.26. The molecule has 0 aliphatic carbocycles. The van der Waals surface area contributed by atoms with Crippen molar-refractivity contribution in [1.82, 2.24) is 0 Å². The molecule has 8 heavy (non-hydrogen) atoms. The van der Waals surface area contributed by atoms with E-state index in [-0.39, 0.29) is 0 Å². The molecule has 0 bridgehead atoms. The molecule has 46 valence electrons. The Hall–Kier alpha value is -0.170. The van der Waals surface area contributed by atoms with E-state index in [1.54, 1.807) is 0 Å². The van der Waals surface area contributed by atoms with Crippen molar-refractivity contribution in [3.8, 4) is 0 Å². The molecule has 0 saturated carbocycles. The summed E-state index contributed by atoms with van der Waals surface area (Å²) in [6.07, 6.45) is 6.14. The third-order valence-electron chi connectivity index (χ3n) is 0.685. The number of hydrogen-bond donors (Lipinski definition) is 0. The number of hydrogen-bond acceptors (Lipinski definition) is 1. The molecule has 0 nitrogen and oxygen atoms in total. The van der Waals surface area contributed by atoms with Crippen LogP contribution in [0.25, 0.3) is 0 Å². The van der Waals surface area contributed by atoms with Crippen LogP contribution in [-0.4, -0.2) is 11.5 Å². The zero-order chi connectivity index (χ0) is 6.24. The summed E-state index contributed by atoms with van der Waals surface area (Å²) < 4.78 is 0. The Labute approximate surface area is 55.7 Å². The number of rotatable bonds is 4. The van der Waals surface area contributed by atoms with E-state index in [1.807, 2.05) is 24.8 Å². The fourth-order valence-corrected chi connectivity index (χ4v) is 0.947. The third-order valence-corrected chi connectivity index (χ3v) is 1.59. The second kappa shape index (κ2) is 6.83. The van der Waals surface area contributed by atoms with Crippen molar-refractivity contribution in [3.05, 3.63) is 24.8 Å². The first-order chi connectivity index (χ1) is 3.91. The molecule has 0 heterocycles. The highest BCUT2D eigenvalue weighted by Crippen LogP contribution is 1.98. The Kier molecular flexibility index (Phi) is 6.68. The van der Waals surface area contributed by atoms with Crippen LogP contribution in [0.2, 0.25) is 0 Å². The van der Waals surface area contributed by atoms with Gasteiger partial charge in [0.05, 0.1) is 0 Å². The molecule has 0 aliphatic rings. The smallest absolute Gasteiger partial charge is 0.0116 e. The lowest BCUT2D eigenvalue weighted by molar-refractivity contribution is 1.64. The van der Waals surface area contributed by atoms with E-state index >= 15 is 0 Å². The molecule has 0 unspecified atom stereocenters. The number of thioether (sulfide) groups is 1. The van der Waals surface area contributed by atoms with Crippen molar-refractivity contribution in [2.75, 3.05) is 11.5 Å². The Balaban J connectivity index is 2.82. The minimum Gasteiger partial charge on any atom is -0.154 e. The Morgan fingerprint density at radius 2 is 2.25 bits per heavy atom. The molecular formula is C7H12S. The molecule has 0 fully saturated rings. The van der Waals surface area contributed by atoms with E-state index < -0.39 is 0 Å². The van der Waals surface area contributed by atoms with Gasteiger partial charge in [-0.2, -0.15) is 11.8 Å². The Bertz CT molecular complexity index is 74.5. The van der Waals surface area contributed by atoms with Gasteiger partial charge in [0.15, 0.2) is 0 Å². The highest BCUT2D eigenvalue weighted by atomic mass is 32.2. The largest absolute Gasteiger partial charge is 0.154 e. The van der Waals surface area contributed by atoms with Crippen LogP contribution < -0.4 is 0 Å². The van der Waals surface area contributed by atoms with Crippen molar-refractivity contribution in [2.45, 2.75) is 6.92 Å². The average Bonchev–Trinajstić information content (AvgIpc) is 1.81. The maximum Gasteiger partial charge on any atom is 0.0116 e. The quantitative estimate of drug-likeness (QED) is 0.414. The summed E-state index contributed by atoms with van der Waals surface area (Å²) in [5.41, 5.74) is 0. The first-order valence-electron chi connectivity index (χ1n) is 2.71. The van der Waals surface area contributed by atoms with E-state index in [2.05, 4.69) is 18.7 Å². The highest BCUT2D eigenvalue weighted by Gasteiger charge is 1.74. The molecule has 0 aromatic carbocycles. The van der Waals surface area contributed by atoms with Gasteiger partial charge in [-0.25, -0.2) is 0 Å². The molecule has 0 saturated heterocycles. The van der Waals surface area contributed by atoms with Gasteiger partial charge in [-0.1, -0.05) is 18.2 Å². The van der Waals surface area contributed by atoms with E-state index in [4.69, 9.17) is 0 Å². The van der Waals surface area contributed by atoms with Gasteiger partial charge in [0.25, 0.3) is 0 Å². The van der Waals surface area contributed by atoms with Gasteiger partial charge < -0.3 is 0 Å². The molecule has 0 rings (SSSR count).